The van der Waals surface area contributed by atoms with E-state index < -0.39 is 0 Å². The van der Waals surface area contributed by atoms with E-state index >= 15 is 0 Å². The summed E-state index contributed by atoms with van der Waals surface area (Å²) in [5.74, 6) is 1.06. The van der Waals surface area contributed by atoms with E-state index in [9.17, 15) is 4.79 Å². The van der Waals surface area contributed by atoms with Gasteiger partial charge < -0.3 is 14.6 Å². The van der Waals surface area contributed by atoms with E-state index in [1.165, 1.54) is 22.2 Å². The molecule has 29 heavy (non-hydrogen) atoms. The molecule has 0 unspecified atom stereocenters. The zero-order valence-electron chi connectivity index (χ0n) is 17.3. The Bertz CT molecular complexity index is 969. The summed E-state index contributed by atoms with van der Waals surface area (Å²) in [6.07, 6.45) is 0.452. The Balaban J connectivity index is 1.32. The zero-order valence-corrected chi connectivity index (χ0v) is 17.3. The molecule has 3 aromatic rings. The van der Waals surface area contributed by atoms with Crippen LogP contribution in [-0.2, 0) is 17.8 Å². The van der Waals surface area contributed by atoms with Crippen LogP contribution in [0.15, 0.2) is 48.5 Å². The van der Waals surface area contributed by atoms with E-state index in [1.807, 2.05) is 36.1 Å². The lowest BCUT2D eigenvalue weighted by Crippen LogP contribution is -2.48. The monoisotopic (exact) mass is 391 g/mol. The van der Waals surface area contributed by atoms with Crippen LogP contribution in [0.3, 0.4) is 0 Å². The minimum Gasteiger partial charge on any atom is -0.494 e. The quantitative estimate of drug-likeness (QED) is 0.696. The van der Waals surface area contributed by atoms with Gasteiger partial charge in [0.25, 0.3) is 0 Å². The largest absolute Gasteiger partial charge is 0.494 e. The number of hydrogen-bond donors (Lipinski definition) is 1. The number of rotatable bonds is 6. The maximum absolute atomic E-state index is 12.7. The number of ether oxygens (including phenoxy) is 1. The Hall–Kier alpha value is -2.79. The van der Waals surface area contributed by atoms with E-state index in [-0.39, 0.29) is 5.91 Å². The summed E-state index contributed by atoms with van der Waals surface area (Å²) in [6, 6.07) is 16.3. The van der Waals surface area contributed by atoms with Crippen LogP contribution < -0.4 is 4.74 Å². The minimum atomic E-state index is 0.206. The highest BCUT2D eigenvalue weighted by Crippen LogP contribution is 2.24. The maximum atomic E-state index is 12.7. The summed E-state index contributed by atoms with van der Waals surface area (Å²) >= 11 is 0. The molecule has 0 bridgehead atoms. The number of nitrogens with one attached hydrogen (secondary N) is 1. The van der Waals surface area contributed by atoms with Crippen LogP contribution in [-0.4, -0.2) is 53.5 Å². The van der Waals surface area contributed by atoms with Crippen LogP contribution in [0.2, 0.25) is 0 Å². The number of para-hydroxylation sites is 1. The molecule has 0 radical (unpaired) electrons. The molecule has 2 aromatic carbocycles. The molecular weight excluding hydrogens is 362 g/mol. The molecule has 0 aliphatic carbocycles. The van der Waals surface area contributed by atoms with Crippen molar-refractivity contribution in [3.05, 3.63) is 65.4 Å². The predicted octanol–water partition coefficient (Wildman–Crippen LogP) is 3.76. The molecular formula is C24H29N3O2. The second kappa shape index (κ2) is 8.70. The van der Waals surface area contributed by atoms with Gasteiger partial charge in [0.2, 0.25) is 5.91 Å². The Labute approximate surface area is 172 Å². The van der Waals surface area contributed by atoms with E-state index in [0.29, 0.717) is 13.0 Å². The first-order chi connectivity index (χ1) is 14.1. The highest BCUT2D eigenvalue weighted by atomic mass is 16.5. The summed E-state index contributed by atoms with van der Waals surface area (Å²) < 4.78 is 5.47. The van der Waals surface area contributed by atoms with Crippen molar-refractivity contribution < 1.29 is 9.53 Å². The molecule has 0 spiro atoms. The summed E-state index contributed by atoms with van der Waals surface area (Å²) in [5.41, 5.74) is 4.84. The molecule has 0 atom stereocenters. The number of hydrogen-bond acceptors (Lipinski definition) is 3. The van der Waals surface area contributed by atoms with Gasteiger partial charge in [0.05, 0.1) is 13.0 Å². The Morgan fingerprint density at radius 1 is 1.03 bits per heavy atom. The number of benzene rings is 2. The van der Waals surface area contributed by atoms with Gasteiger partial charge in [-0.1, -0.05) is 30.3 Å². The molecule has 1 saturated heterocycles. The Kier molecular flexibility index (Phi) is 5.86. The van der Waals surface area contributed by atoms with Crippen molar-refractivity contribution in [2.45, 2.75) is 26.8 Å². The van der Waals surface area contributed by atoms with Gasteiger partial charge in [0, 0.05) is 49.3 Å². The number of aryl methyl sites for hydroxylation is 1. The third-order valence-corrected chi connectivity index (χ3v) is 5.72. The van der Waals surface area contributed by atoms with Crippen LogP contribution in [0.1, 0.15) is 23.7 Å². The number of aromatic amines is 1. The lowest BCUT2D eigenvalue weighted by Gasteiger charge is -2.35. The molecule has 1 aromatic heterocycles. The third kappa shape index (κ3) is 4.46. The lowest BCUT2D eigenvalue weighted by atomic mass is 10.1. The van der Waals surface area contributed by atoms with Crippen LogP contribution in [0, 0.1) is 6.92 Å². The van der Waals surface area contributed by atoms with Gasteiger partial charge in [-0.15, -0.1) is 0 Å². The van der Waals surface area contributed by atoms with E-state index in [2.05, 4.69) is 41.1 Å². The number of piperazine rings is 1. The van der Waals surface area contributed by atoms with Crippen molar-refractivity contribution in [2.24, 2.45) is 0 Å². The SMILES string of the molecule is CCOc1ccc(CC(=O)N2CCN(Cc3c(C)[nH]c4ccccc34)CC2)cc1. The average Bonchev–Trinajstić information content (AvgIpc) is 3.05. The fraction of sp³-hybridized carbons (Fsp3) is 0.375. The molecule has 2 heterocycles. The molecule has 1 amide bonds. The first-order valence-corrected chi connectivity index (χ1v) is 10.4. The molecule has 1 fully saturated rings. The summed E-state index contributed by atoms with van der Waals surface area (Å²) in [6.45, 7) is 9.09. The Morgan fingerprint density at radius 3 is 2.48 bits per heavy atom. The molecule has 5 heteroatoms. The zero-order chi connectivity index (χ0) is 20.2. The van der Waals surface area contributed by atoms with Crippen LogP contribution in [0.25, 0.3) is 10.9 Å². The van der Waals surface area contributed by atoms with Crippen molar-refractivity contribution in [1.82, 2.24) is 14.8 Å². The summed E-state index contributed by atoms with van der Waals surface area (Å²) in [7, 11) is 0. The van der Waals surface area contributed by atoms with E-state index in [1.54, 1.807) is 0 Å². The van der Waals surface area contributed by atoms with Crippen molar-refractivity contribution >= 4 is 16.8 Å². The predicted molar refractivity (Wildman–Crippen MR) is 116 cm³/mol. The van der Waals surface area contributed by atoms with Gasteiger partial charge >= 0.3 is 0 Å². The van der Waals surface area contributed by atoms with Gasteiger partial charge in [-0.25, -0.2) is 0 Å². The van der Waals surface area contributed by atoms with Crippen molar-refractivity contribution in [3.63, 3.8) is 0 Å². The van der Waals surface area contributed by atoms with Gasteiger partial charge in [-0.05, 0) is 43.2 Å². The van der Waals surface area contributed by atoms with Crippen LogP contribution >= 0.6 is 0 Å². The minimum absolute atomic E-state index is 0.206. The number of carbonyl (C=O) groups excluding carboxylic acids is 1. The van der Waals surface area contributed by atoms with E-state index in [4.69, 9.17) is 4.74 Å². The van der Waals surface area contributed by atoms with Gasteiger partial charge in [0.15, 0.2) is 0 Å². The lowest BCUT2D eigenvalue weighted by molar-refractivity contribution is -0.132. The molecule has 152 valence electrons. The maximum Gasteiger partial charge on any atom is 0.227 e. The van der Waals surface area contributed by atoms with Crippen LogP contribution in [0.5, 0.6) is 5.75 Å². The molecule has 1 aliphatic heterocycles. The fourth-order valence-electron chi connectivity index (χ4n) is 4.07. The number of nitrogens with zero attached hydrogens (tertiary/aromatic N) is 2. The molecule has 4 rings (SSSR count). The first kappa shape index (κ1) is 19.5. The topological polar surface area (TPSA) is 48.6 Å². The van der Waals surface area contributed by atoms with Crippen molar-refractivity contribution in [1.29, 1.82) is 0 Å². The summed E-state index contributed by atoms with van der Waals surface area (Å²) in [4.78, 5) is 20.6. The normalized spacial score (nSPS) is 15.0. The number of carbonyl (C=O) groups is 1. The third-order valence-electron chi connectivity index (χ3n) is 5.72. The second-order valence-corrected chi connectivity index (χ2v) is 7.68. The average molecular weight is 392 g/mol. The number of fused-ring (bicyclic) bond motifs is 1. The number of amides is 1. The fourth-order valence-corrected chi connectivity index (χ4v) is 4.07. The Morgan fingerprint density at radius 2 is 1.76 bits per heavy atom. The first-order valence-electron chi connectivity index (χ1n) is 10.4. The molecule has 1 aliphatic rings. The molecule has 0 saturated carbocycles. The highest BCUT2D eigenvalue weighted by Gasteiger charge is 2.22. The van der Waals surface area contributed by atoms with Crippen molar-refractivity contribution in [2.75, 3.05) is 32.8 Å². The second-order valence-electron chi connectivity index (χ2n) is 7.68. The highest BCUT2D eigenvalue weighted by molar-refractivity contribution is 5.84. The van der Waals surface area contributed by atoms with Gasteiger partial charge in [0.1, 0.15) is 5.75 Å². The van der Waals surface area contributed by atoms with Crippen LogP contribution in [0.4, 0.5) is 0 Å². The number of H-pyrrole nitrogens is 1. The van der Waals surface area contributed by atoms with Crippen molar-refractivity contribution in [3.8, 4) is 5.75 Å². The molecule has 1 N–H and O–H groups in total. The smallest absolute Gasteiger partial charge is 0.227 e. The summed E-state index contributed by atoms with van der Waals surface area (Å²) in [5, 5.41) is 1.30. The molecule has 5 nitrogen and oxygen atoms in total. The van der Waals surface area contributed by atoms with Gasteiger partial charge in [-0.2, -0.15) is 0 Å². The van der Waals surface area contributed by atoms with E-state index in [0.717, 1.165) is 44.0 Å². The standard InChI is InChI=1S/C24H29N3O2/c1-3-29-20-10-8-19(9-11-20)16-24(28)27-14-12-26(13-15-27)17-22-18(2)25-23-7-5-4-6-21(22)23/h4-11,25H,3,12-17H2,1-2H3. The van der Waals surface area contributed by atoms with Gasteiger partial charge in [-0.3, -0.25) is 9.69 Å². The number of aromatic nitrogens is 1.